The average Bonchev–Trinajstić information content (AvgIpc) is 2.65. The van der Waals surface area contributed by atoms with E-state index in [2.05, 4.69) is 26.4 Å². The number of aliphatic imine (C=N–C) groups is 1. The Morgan fingerprint density at radius 2 is 1.88 bits per heavy atom. The highest BCUT2D eigenvalue weighted by Gasteiger charge is 2.09. The molecule has 0 spiro atoms. The zero-order chi connectivity index (χ0) is 18.8. The van der Waals surface area contributed by atoms with E-state index < -0.39 is 6.61 Å². The number of hydrogen-bond acceptors (Lipinski definition) is 3. The van der Waals surface area contributed by atoms with Crippen molar-refractivity contribution < 1.29 is 13.5 Å². The molecule has 5 nitrogen and oxygen atoms in total. The third kappa shape index (κ3) is 6.06. The SMILES string of the molecule is CCNC(=NCc1ccc(C#N)cc1)NCc1ccccc1OC(F)F. The molecule has 0 atom stereocenters. The molecule has 0 saturated heterocycles. The summed E-state index contributed by atoms with van der Waals surface area (Å²) in [6.07, 6.45) is 0. The van der Waals surface area contributed by atoms with Crippen LogP contribution in [0.5, 0.6) is 5.75 Å². The highest BCUT2D eigenvalue weighted by Crippen LogP contribution is 2.19. The number of alkyl halides is 2. The van der Waals surface area contributed by atoms with Crippen LogP contribution in [0.3, 0.4) is 0 Å². The maximum absolute atomic E-state index is 12.5. The molecule has 26 heavy (non-hydrogen) atoms. The Morgan fingerprint density at radius 3 is 2.54 bits per heavy atom. The van der Waals surface area contributed by atoms with E-state index in [1.165, 1.54) is 6.07 Å². The van der Waals surface area contributed by atoms with Gasteiger partial charge in [-0.25, -0.2) is 4.99 Å². The van der Waals surface area contributed by atoms with Gasteiger partial charge in [0.05, 0.1) is 18.2 Å². The smallest absolute Gasteiger partial charge is 0.387 e. The van der Waals surface area contributed by atoms with Crippen molar-refractivity contribution in [2.75, 3.05) is 6.54 Å². The van der Waals surface area contributed by atoms with Gasteiger partial charge in [-0.3, -0.25) is 0 Å². The van der Waals surface area contributed by atoms with Crippen molar-refractivity contribution in [3.05, 3.63) is 65.2 Å². The Kier molecular flexibility index (Phi) is 7.37. The Labute approximate surface area is 151 Å². The molecule has 0 aliphatic heterocycles. The number of nitriles is 1. The molecular weight excluding hydrogens is 338 g/mol. The molecule has 2 aromatic carbocycles. The molecule has 0 amide bonds. The normalized spacial score (nSPS) is 11.1. The van der Waals surface area contributed by atoms with E-state index in [9.17, 15) is 8.78 Å². The summed E-state index contributed by atoms with van der Waals surface area (Å²) in [5.41, 5.74) is 2.16. The molecule has 0 aliphatic rings. The number of para-hydroxylation sites is 1. The average molecular weight is 358 g/mol. The van der Waals surface area contributed by atoms with Crippen LogP contribution >= 0.6 is 0 Å². The van der Waals surface area contributed by atoms with Crippen LogP contribution < -0.4 is 15.4 Å². The van der Waals surface area contributed by atoms with E-state index >= 15 is 0 Å². The van der Waals surface area contributed by atoms with Gasteiger partial charge in [-0.05, 0) is 30.7 Å². The molecule has 136 valence electrons. The molecule has 7 heteroatoms. The fourth-order valence-corrected chi connectivity index (χ4v) is 2.24. The second-order valence-electron chi connectivity index (χ2n) is 5.34. The van der Waals surface area contributed by atoms with Gasteiger partial charge < -0.3 is 15.4 Å². The van der Waals surface area contributed by atoms with Gasteiger partial charge in [0.15, 0.2) is 5.96 Å². The number of hydrogen-bond donors (Lipinski definition) is 2. The Balaban J connectivity index is 2.02. The molecule has 2 rings (SSSR count). The minimum Gasteiger partial charge on any atom is -0.434 e. The summed E-state index contributed by atoms with van der Waals surface area (Å²) in [6.45, 7) is 0.453. The highest BCUT2D eigenvalue weighted by molar-refractivity contribution is 5.79. The zero-order valence-corrected chi connectivity index (χ0v) is 14.4. The number of benzene rings is 2. The number of nitrogens with one attached hydrogen (secondary N) is 2. The summed E-state index contributed by atoms with van der Waals surface area (Å²) in [6, 6.07) is 15.9. The van der Waals surface area contributed by atoms with E-state index in [4.69, 9.17) is 5.26 Å². The van der Waals surface area contributed by atoms with Crippen molar-refractivity contribution in [1.82, 2.24) is 10.6 Å². The molecule has 0 fully saturated rings. The fourth-order valence-electron chi connectivity index (χ4n) is 2.24. The van der Waals surface area contributed by atoms with Gasteiger partial charge in [0, 0.05) is 18.7 Å². The van der Waals surface area contributed by atoms with Crippen molar-refractivity contribution in [3.8, 4) is 11.8 Å². The van der Waals surface area contributed by atoms with Crippen molar-refractivity contribution in [1.29, 1.82) is 5.26 Å². The predicted octanol–water partition coefficient (Wildman–Crippen LogP) is 3.41. The zero-order valence-electron chi connectivity index (χ0n) is 14.4. The number of ether oxygens (including phenoxy) is 1. The van der Waals surface area contributed by atoms with Crippen LogP contribution in [-0.2, 0) is 13.1 Å². The van der Waals surface area contributed by atoms with Gasteiger partial charge in [0.25, 0.3) is 0 Å². The Hall–Kier alpha value is -3.14. The van der Waals surface area contributed by atoms with Crippen LogP contribution in [0.1, 0.15) is 23.6 Å². The lowest BCUT2D eigenvalue weighted by Gasteiger charge is -2.14. The van der Waals surface area contributed by atoms with Crippen LogP contribution in [0.4, 0.5) is 8.78 Å². The minimum atomic E-state index is -2.87. The summed E-state index contributed by atoms with van der Waals surface area (Å²) in [5, 5.41) is 15.0. The third-order valence-electron chi connectivity index (χ3n) is 3.48. The van der Waals surface area contributed by atoms with Gasteiger partial charge in [0.2, 0.25) is 0 Å². The van der Waals surface area contributed by atoms with E-state index in [0.29, 0.717) is 36.7 Å². The van der Waals surface area contributed by atoms with Gasteiger partial charge in [-0.2, -0.15) is 14.0 Å². The molecule has 0 radical (unpaired) electrons. The summed E-state index contributed by atoms with van der Waals surface area (Å²) in [5.74, 6) is 0.696. The fraction of sp³-hybridized carbons (Fsp3) is 0.263. The lowest BCUT2D eigenvalue weighted by molar-refractivity contribution is -0.0504. The molecular formula is C19H20F2N4O. The monoisotopic (exact) mass is 358 g/mol. The Morgan fingerprint density at radius 1 is 1.15 bits per heavy atom. The van der Waals surface area contributed by atoms with E-state index in [1.807, 2.05) is 19.1 Å². The summed E-state index contributed by atoms with van der Waals surface area (Å²) < 4.78 is 29.5. The van der Waals surface area contributed by atoms with Crippen molar-refractivity contribution in [2.24, 2.45) is 4.99 Å². The second-order valence-corrected chi connectivity index (χ2v) is 5.34. The molecule has 0 unspecified atom stereocenters. The first-order valence-corrected chi connectivity index (χ1v) is 8.16. The van der Waals surface area contributed by atoms with Crippen LogP contribution in [-0.4, -0.2) is 19.1 Å². The number of halogens is 2. The topological polar surface area (TPSA) is 69.4 Å². The summed E-state index contributed by atoms with van der Waals surface area (Å²) >= 11 is 0. The van der Waals surface area contributed by atoms with Gasteiger partial charge in [-0.1, -0.05) is 30.3 Å². The molecule has 2 N–H and O–H groups in total. The lowest BCUT2D eigenvalue weighted by atomic mass is 10.1. The molecule has 0 bridgehead atoms. The molecule has 2 aromatic rings. The van der Waals surface area contributed by atoms with Gasteiger partial charge in [0.1, 0.15) is 5.75 Å². The largest absolute Gasteiger partial charge is 0.434 e. The Bertz CT molecular complexity index is 770. The van der Waals surface area contributed by atoms with E-state index in [-0.39, 0.29) is 5.75 Å². The highest BCUT2D eigenvalue weighted by atomic mass is 19.3. The van der Waals surface area contributed by atoms with E-state index in [1.54, 1.807) is 30.3 Å². The molecule has 0 saturated carbocycles. The van der Waals surface area contributed by atoms with Crippen LogP contribution in [0, 0.1) is 11.3 Å². The first kappa shape index (κ1) is 19.2. The maximum atomic E-state index is 12.5. The first-order chi connectivity index (χ1) is 12.6. The molecule has 0 heterocycles. The van der Waals surface area contributed by atoms with Crippen molar-refractivity contribution >= 4 is 5.96 Å². The summed E-state index contributed by atoms with van der Waals surface area (Å²) in [7, 11) is 0. The lowest BCUT2D eigenvalue weighted by Crippen LogP contribution is -2.36. The van der Waals surface area contributed by atoms with Crippen LogP contribution in [0.15, 0.2) is 53.5 Å². The van der Waals surface area contributed by atoms with Gasteiger partial charge >= 0.3 is 6.61 Å². The van der Waals surface area contributed by atoms with Crippen LogP contribution in [0.25, 0.3) is 0 Å². The minimum absolute atomic E-state index is 0.137. The van der Waals surface area contributed by atoms with Gasteiger partial charge in [-0.15, -0.1) is 0 Å². The predicted molar refractivity (Wildman–Crippen MR) is 95.9 cm³/mol. The number of guanidine groups is 1. The number of nitrogens with zero attached hydrogens (tertiary/aromatic N) is 2. The first-order valence-electron chi connectivity index (χ1n) is 8.16. The standard InChI is InChI=1S/C19H20F2N4O/c1-2-23-19(24-12-15-9-7-14(11-22)8-10-15)25-13-16-5-3-4-6-17(16)26-18(20)21/h3-10,18H,2,12-13H2,1H3,(H2,23,24,25). The number of rotatable bonds is 7. The summed E-state index contributed by atoms with van der Waals surface area (Å²) in [4.78, 5) is 4.47. The maximum Gasteiger partial charge on any atom is 0.387 e. The molecule has 0 aliphatic carbocycles. The van der Waals surface area contributed by atoms with E-state index in [0.717, 1.165) is 5.56 Å². The van der Waals surface area contributed by atoms with Crippen molar-refractivity contribution in [2.45, 2.75) is 26.6 Å². The van der Waals surface area contributed by atoms with Crippen molar-refractivity contribution in [3.63, 3.8) is 0 Å². The molecule has 0 aromatic heterocycles. The third-order valence-corrected chi connectivity index (χ3v) is 3.48. The quantitative estimate of drug-likeness (QED) is 0.588. The second kappa shape index (κ2) is 9.99. The van der Waals surface area contributed by atoms with Crippen LogP contribution in [0.2, 0.25) is 0 Å².